The topological polar surface area (TPSA) is 44.8 Å². The average molecular weight is 254 g/mol. The number of carbonyl (C=O) groups excluding carboxylic acids is 1. The lowest BCUT2D eigenvalue weighted by Gasteiger charge is -2.10. The van der Waals surface area contributed by atoms with Crippen molar-refractivity contribution in [3.63, 3.8) is 0 Å². The summed E-state index contributed by atoms with van der Waals surface area (Å²) in [5.74, 6) is -0.0842. The largest absolute Gasteiger partial charge is 0.500 e. The van der Waals surface area contributed by atoms with Gasteiger partial charge in [0.05, 0.1) is 14.2 Å². The number of aryl methyl sites for hydroxylation is 1. The monoisotopic (exact) mass is 254 g/mol. The van der Waals surface area contributed by atoms with Crippen LogP contribution in [0.15, 0.2) is 35.1 Å². The van der Waals surface area contributed by atoms with Crippen LogP contribution in [0.3, 0.4) is 0 Å². The third-order valence-electron chi connectivity index (χ3n) is 2.00. The second-order valence-electron chi connectivity index (χ2n) is 3.26. The van der Waals surface area contributed by atoms with Crippen molar-refractivity contribution < 1.29 is 19.0 Å². The van der Waals surface area contributed by atoms with Crippen molar-refractivity contribution >= 4 is 18.6 Å². The molecule has 0 saturated heterocycles. The van der Waals surface area contributed by atoms with Crippen molar-refractivity contribution in [1.82, 2.24) is 0 Å². The Hall–Kier alpha value is -1.62. The van der Waals surface area contributed by atoms with Crippen LogP contribution in [-0.4, -0.2) is 20.2 Å². The smallest absolute Gasteiger partial charge is 0.377 e. The van der Waals surface area contributed by atoms with Gasteiger partial charge in [-0.15, -0.1) is 12.6 Å². The van der Waals surface area contributed by atoms with E-state index in [2.05, 4.69) is 17.4 Å². The summed E-state index contributed by atoms with van der Waals surface area (Å²) in [6.07, 6.45) is 1.19. The molecule has 0 aliphatic rings. The molecule has 5 heteroatoms. The molecular formula is C12H14O4S. The Morgan fingerprint density at radius 2 is 2.06 bits per heavy atom. The first-order valence-electron chi connectivity index (χ1n) is 4.87. The van der Waals surface area contributed by atoms with Crippen LogP contribution in [0.1, 0.15) is 5.56 Å². The fourth-order valence-corrected chi connectivity index (χ4v) is 1.33. The number of thiol groups is 1. The predicted molar refractivity (Wildman–Crippen MR) is 66.2 cm³/mol. The maximum atomic E-state index is 11.4. The molecule has 4 nitrogen and oxygen atoms in total. The molecule has 0 radical (unpaired) electrons. The van der Waals surface area contributed by atoms with Gasteiger partial charge in [0.15, 0.2) is 0 Å². The zero-order chi connectivity index (χ0) is 12.8. The highest BCUT2D eigenvalue weighted by Gasteiger charge is 2.14. The summed E-state index contributed by atoms with van der Waals surface area (Å²) in [7, 11) is 2.70. The second-order valence-corrected chi connectivity index (χ2v) is 3.78. The molecule has 17 heavy (non-hydrogen) atoms. The Balaban J connectivity index is 2.97. The third kappa shape index (κ3) is 3.71. The van der Waals surface area contributed by atoms with E-state index in [4.69, 9.17) is 9.47 Å². The molecule has 1 aromatic rings. The molecule has 0 bridgehead atoms. The van der Waals surface area contributed by atoms with Crippen molar-refractivity contribution in [3.05, 3.63) is 35.8 Å². The van der Waals surface area contributed by atoms with Gasteiger partial charge in [-0.25, -0.2) is 4.79 Å². The minimum absolute atomic E-state index is 0.0166. The van der Waals surface area contributed by atoms with Crippen LogP contribution in [0.2, 0.25) is 0 Å². The highest BCUT2D eigenvalue weighted by atomic mass is 32.1. The van der Waals surface area contributed by atoms with Crippen LogP contribution in [0.5, 0.6) is 5.75 Å². The molecular weight excluding hydrogens is 240 g/mol. The number of hydrogen-bond donors (Lipinski definition) is 1. The van der Waals surface area contributed by atoms with E-state index >= 15 is 0 Å². The molecule has 0 unspecified atom stereocenters. The molecule has 92 valence electrons. The molecule has 0 aromatic heterocycles. The van der Waals surface area contributed by atoms with Gasteiger partial charge in [0.2, 0.25) is 5.76 Å². The summed E-state index contributed by atoms with van der Waals surface area (Å²) in [5, 5.41) is 0. The lowest BCUT2D eigenvalue weighted by atomic mass is 10.2. The van der Waals surface area contributed by atoms with Gasteiger partial charge < -0.3 is 14.2 Å². The summed E-state index contributed by atoms with van der Waals surface area (Å²) in [5.41, 5.74) is 0.883. The Bertz CT molecular complexity index is 440. The van der Waals surface area contributed by atoms with E-state index in [1.54, 1.807) is 6.07 Å². The van der Waals surface area contributed by atoms with Crippen molar-refractivity contribution in [2.24, 2.45) is 0 Å². The standard InChI is InChI=1S/C12H14O4S/c1-8-4-5-9(17)6-10(8)16-11(7-14-2)12(13)15-3/h4-7,17H,1-3H3/b11-7-. The molecule has 0 aliphatic heterocycles. The maximum Gasteiger partial charge on any atom is 0.377 e. The summed E-state index contributed by atoms with van der Waals surface area (Å²) >= 11 is 4.20. The number of methoxy groups -OCH3 is 2. The van der Waals surface area contributed by atoms with Gasteiger partial charge in [-0.05, 0) is 24.6 Å². The number of ether oxygens (including phenoxy) is 3. The third-order valence-corrected chi connectivity index (χ3v) is 2.28. The highest BCUT2D eigenvalue weighted by Crippen LogP contribution is 2.23. The van der Waals surface area contributed by atoms with E-state index in [1.165, 1.54) is 20.5 Å². The van der Waals surface area contributed by atoms with Crippen LogP contribution in [0, 0.1) is 6.92 Å². The molecule has 0 saturated carbocycles. The first kappa shape index (κ1) is 13.4. The van der Waals surface area contributed by atoms with Crippen molar-refractivity contribution in [2.75, 3.05) is 14.2 Å². The molecule has 0 amide bonds. The van der Waals surface area contributed by atoms with Gasteiger partial charge in [-0.3, -0.25) is 0 Å². The number of carbonyl (C=O) groups is 1. The van der Waals surface area contributed by atoms with E-state index < -0.39 is 5.97 Å². The number of rotatable bonds is 4. The van der Waals surface area contributed by atoms with E-state index in [-0.39, 0.29) is 5.76 Å². The quantitative estimate of drug-likeness (QED) is 0.387. The van der Waals surface area contributed by atoms with E-state index in [1.807, 2.05) is 19.1 Å². The average Bonchev–Trinajstić information content (AvgIpc) is 2.32. The van der Waals surface area contributed by atoms with Gasteiger partial charge in [0.25, 0.3) is 0 Å². The first-order chi connectivity index (χ1) is 8.08. The van der Waals surface area contributed by atoms with Crippen molar-refractivity contribution in [2.45, 2.75) is 11.8 Å². The molecule has 1 rings (SSSR count). The SMILES string of the molecule is CO/C=C(\Oc1cc(S)ccc1C)C(=O)OC. The molecule has 0 aliphatic carbocycles. The van der Waals surface area contributed by atoms with E-state index in [9.17, 15) is 4.79 Å². The second kappa shape index (κ2) is 6.20. The predicted octanol–water partition coefficient (Wildman–Crippen LogP) is 2.32. The lowest BCUT2D eigenvalue weighted by molar-refractivity contribution is -0.138. The van der Waals surface area contributed by atoms with Gasteiger partial charge in [0, 0.05) is 4.90 Å². The van der Waals surface area contributed by atoms with Crippen LogP contribution >= 0.6 is 12.6 Å². The summed E-state index contributed by atoms with van der Waals surface area (Å²) in [6, 6.07) is 5.40. The summed E-state index contributed by atoms with van der Waals surface area (Å²) in [6.45, 7) is 1.87. The van der Waals surface area contributed by atoms with Crippen LogP contribution in [0.25, 0.3) is 0 Å². The van der Waals surface area contributed by atoms with Gasteiger partial charge >= 0.3 is 5.97 Å². The van der Waals surface area contributed by atoms with Crippen LogP contribution in [-0.2, 0) is 14.3 Å². The van der Waals surface area contributed by atoms with Gasteiger partial charge in [-0.2, -0.15) is 0 Å². The molecule has 0 fully saturated rings. The Morgan fingerprint density at radius 3 is 2.65 bits per heavy atom. The maximum absolute atomic E-state index is 11.4. The van der Waals surface area contributed by atoms with Crippen molar-refractivity contribution in [1.29, 1.82) is 0 Å². The normalized spacial score (nSPS) is 10.9. The molecule has 0 atom stereocenters. The van der Waals surface area contributed by atoms with Gasteiger partial charge in [-0.1, -0.05) is 6.07 Å². The fraction of sp³-hybridized carbons (Fsp3) is 0.250. The summed E-state index contributed by atoms with van der Waals surface area (Å²) in [4.78, 5) is 12.1. The minimum Gasteiger partial charge on any atom is -0.500 e. The zero-order valence-electron chi connectivity index (χ0n) is 9.89. The Morgan fingerprint density at radius 1 is 1.35 bits per heavy atom. The number of hydrogen-bond acceptors (Lipinski definition) is 5. The van der Waals surface area contributed by atoms with Gasteiger partial charge in [0.1, 0.15) is 12.0 Å². The molecule has 0 spiro atoms. The Labute approximate surface area is 106 Å². The Kier molecular flexibility index (Phi) is 4.90. The number of esters is 1. The molecule has 0 heterocycles. The molecule has 1 aromatic carbocycles. The lowest BCUT2D eigenvalue weighted by Crippen LogP contribution is -2.11. The van der Waals surface area contributed by atoms with Crippen LogP contribution < -0.4 is 4.74 Å². The minimum atomic E-state index is -0.601. The van der Waals surface area contributed by atoms with E-state index in [0.717, 1.165) is 10.5 Å². The van der Waals surface area contributed by atoms with Crippen molar-refractivity contribution in [3.8, 4) is 5.75 Å². The zero-order valence-corrected chi connectivity index (χ0v) is 10.8. The fourth-order valence-electron chi connectivity index (χ4n) is 1.14. The molecule has 0 N–H and O–H groups in total. The van der Waals surface area contributed by atoms with E-state index in [0.29, 0.717) is 5.75 Å². The number of benzene rings is 1. The first-order valence-corrected chi connectivity index (χ1v) is 5.32. The summed E-state index contributed by atoms with van der Waals surface area (Å²) < 4.78 is 14.8. The van der Waals surface area contributed by atoms with Crippen LogP contribution in [0.4, 0.5) is 0 Å². The highest BCUT2D eigenvalue weighted by molar-refractivity contribution is 7.80.